The van der Waals surface area contributed by atoms with Crippen molar-refractivity contribution in [1.82, 2.24) is 10.6 Å². The Morgan fingerprint density at radius 3 is 2.82 bits per heavy atom. The number of urea groups is 1. The first-order chi connectivity index (χ1) is 10.4. The van der Waals surface area contributed by atoms with Crippen LogP contribution in [0.3, 0.4) is 0 Å². The monoisotopic (exact) mass is 305 g/mol. The number of non-ortho nitro benzene ring substituents is 1. The Labute approximate surface area is 126 Å². The van der Waals surface area contributed by atoms with Crippen LogP contribution >= 0.6 is 0 Å². The van der Waals surface area contributed by atoms with Crippen LogP contribution < -0.4 is 10.6 Å². The summed E-state index contributed by atoms with van der Waals surface area (Å²) in [5, 5.41) is 16.0. The lowest BCUT2D eigenvalue weighted by Crippen LogP contribution is -2.48. The van der Waals surface area contributed by atoms with Crippen LogP contribution in [-0.2, 0) is 9.53 Å². The van der Waals surface area contributed by atoms with Crippen LogP contribution in [0.25, 0.3) is 5.70 Å². The maximum Gasteiger partial charge on any atom is 0.338 e. The highest BCUT2D eigenvalue weighted by Gasteiger charge is 2.30. The molecule has 0 radical (unpaired) electrons. The van der Waals surface area contributed by atoms with E-state index in [1.807, 2.05) is 0 Å². The van der Waals surface area contributed by atoms with Crippen LogP contribution in [0.4, 0.5) is 10.5 Å². The molecule has 8 heteroatoms. The molecule has 0 saturated heterocycles. The molecule has 8 nitrogen and oxygen atoms in total. The highest BCUT2D eigenvalue weighted by molar-refractivity contribution is 6.04. The van der Waals surface area contributed by atoms with Crippen molar-refractivity contribution in [3.63, 3.8) is 0 Å². The molecule has 0 spiro atoms. The van der Waals surface area contributed by atoms with Crippen LogP contribution in [0.5, 0.6) is 0 Å². The molecule has 1 aromatic carbocycles. The van der Waals surface area contributed by atoms with Crippen molar-refractivity contribution in [2.75, 3.05) is 6.61 Å². The van der Waals surface area contributed by atoms with Gasteiger partial charge in [0.25, 0.3) is 5.69 Å². The zero-order chi connectivity index (χ0) is 16.3. The number of amides is 2. The van der Waals surface area contributed by atoms with Crippen molar-refractivity contribution in [3.8, 4) is 0 Å². The Morgan fingerprint density at radius 2 is 2.18 bits per heavy atom. The molecule has 1 unspecified atom stereocenters. The minimum Gasteiger partial charge on any atom is -0.463 e. The van der Waals surface area contributed by atoms with Gasteiger partial charge >= 0.3 is 12.0 Å². The largest absolute Gasteiger partial charge is 0.463 e. The van der Waals surface area contributed by atoms with Gasteiger partial charge in [-0.1, -0.05) is 12.1 Å². The van der Waals surface area contributed by atoms with E-state index in [0.717, 1.165) is 0 Å². The molecule has 22 heavy (non-hydrogen) atoms. The average Bonchev–Trinajstić information content (AvgIpc) is 2.46. The fraction of sp³-hybridized carbons (Fsp3) is 0.286. The third-order valence-corrected chi connectivity index (χ3v) is 3.13. The molecule has 0 fully saturated rings. The van der Waals surface area contributed by atoms with Gasteiger partial charge < -0.3 is 15.4 Å². The van der Waals surface area contributed by atoms with E-state index in [9.17, 15) is 19.7 Å². The Balaban J connectivity index is 2.56. The summed E-state index contributed by atoms with van der Waals surface area (Å²) in [4.78, 5) is 34.1. The smallest absolute Gasteiger partial charge is 0.338 e. The van der Waals surface area contributed by atoms with E-state index in [1.165, 1.54) is 18.2 Å². The van der Waals surface area contributed by atoms with Gasteiger partial charge in [0.1, 0.15) is 0 Å². The summed E-state index contributed by atoms with van der Waals surface area (Å²) in [6, 6.07) is 4.65. The fourth-order valence-corrected chi connectivity index (χ4v) is 2.19. The normalized spacial score (nSPS) is 17.5. The number of hydrogen-bond acceptors (Lipinski definition) is 5. The molecule has 1 aromatic rings. The molecule has 116 valence electrons. The molecular weight excluding hydrogens is 290 g/mol. The van der Waals surface area contributed by atoms with Crippen molar-refractivity contribution in [1.29, 1.82) is 0 Å². The quantitative estimate of drug-likeness (QED) is 0.498. The first-order valence-corrected chi connectivity index (χ1v) is 6.67. The standard InChI is InChI=1S/C14H15N3O5/c1-3-22-13(18)11-8(2)15-14(19)16-12(11)9-5-4-6-10(7-9)17(20)21/h4-8H,3H2,1-2H3,(H2,15,16,19). The molecule has 1 atom stereocenters. The van der Waals surface area contributed by atoms with Crippen LogP contribution in [0.2, 0.25) is 0 Å². The van der Waals surface area contributed by atoms with Gasteiger partial charge in [-0.3, -0.25) is 10.1 Å². The summed E-state index contributed by atoms with van der Waals surface area (Å²) in [7, 11) is 0. The maximum atomic E-state index is 12.1. The lowest BCUT2D eigenvalue weighted by Gasteiger charge is -2.26. The van der Waals surface area contributed by atoms with Crippen LogP contribution in [-0.4, -0.2) is 29.6 Å². The van der Waals surface area contributed by atoms with Crippen molar-refractivity contribution >= 4 is 23.4 Å². The second kappa shape index (κ2) is 6.25. The number of carbonyl (C=O) groups excluding carboxylic acids is 2. The van der Waals surface area contributed by atoms with Gasteiger partial charge in [-0.15, -0.1) is 0 Å². The summed E-state index contributed by atoms with van der Waals surface area (Å²) >= 11 is 0. The van der Waals surface area contributed by atoms with E-state index in [0.29, 0.717) is 5.56 Å². The van der Waals surface area contributed by atoms with Gasteiger partial charge in [0, 0.05) is 17.7 Å². The first-order valence-electron chi connectivity index (χ1n) is 6.67. The first kappa shape index (κ1) is 15.5. The zero-order valence-electron chi connectivity index (χ0n) is 12.1. The second-order valence-electron chi connectivity index (χ2n) is 4.64. The zero-order valence-corrected chi connectivity index (χ0v) is 12.1. The third-order valence-electron chi connectivity index (χ3n) is 3.13. The summed E-state index contributed by atoms with van der Waals surface area (Å²) in [6.45, 7) is 3.50. The van der Waals surface area contributed by atoms with Crippen LogP contribution in [0.1, 0.15) is 19.4 Å². The molecule has 1 aliphatic heterocycles. The second-order valence-corrected chi connectivity index (χ2v) is 4.64. The Hall–Kier alpha value is -2.90. The van der Waals surface area contributed by atoms with Crippen molar-refractivity contribution in [3.05, 3.63) is 45.5 Å². The summed E-state index contributed by atoms with van der Waals surface area (Å²) in [5.41, 5.74) is 0.688. The number of hydrogen-bond donors (Lipinski definition) is 2. The van der Waals surface area contributed by atoms with Gasteiger partial charge in [0.15, 0.2) is 0 Å². The number of carbonyl (C=O) groups is 2. The Bertz CT molecular complexity index is 668. The van der Waals surface area contributed by atoms with E-state index in [2.05, 4.69) is 10.6 Å². The summed E-state index contributed by atoms with van der Waals surface area (Å²) in [5.74, 6) is -0.580. The van der Waals surface area contributed by atoms with Gasteiger partial charge in [-0.2, -0.15) is 0 Å². The predicted octanol–water partition coefficient (Wildman–Crippen LogP) is 1.57. The van der Waals surface area contributed by atoms with Crippen molar-refractivity contribution < 1.29 is 19.2 Å². The van der Waals surface area contributed by atoms with Gasteiger partial charge in [-0.05, 0) is 13.8 Å². The van der Waals surface area contributed by atoms with E-state index in [-0.39, 0.29) is 23.6 Å². The summed E-state index contributed by atoms with van der Waals surface area (Å²) < 4.78 is 4.99. The van der Waals surface area contributed by atoms with E-state index in [4.69, 9.17) is 4.74 Å². The number of nitrogens with one attached hydrogen (secondary N) is 2. The van der Waals surface area contributed by atoms with Crippen LogP contribution in [0.15, 0.2) is 29.8 Å². The lowest BCUT2D eigenvalue weighted by atomic mass is 9.99. The average molecular weight is 305 g/mol. The Morgan fingerprint density at radius 1 is 1.45 bits per heavy atom. The lowest BCUT2D eigenvalue weighted by molar-refractivity contribution is -0.384. The number of nitrogens with zero attached hydrogens (tertiary/aromatic N) is 1. The molecule has 0 aliphatic carbocycles. The number of nitro groups is 1. The van der Waals surface area contributed by atoms with E-state index >= 15 is 0 Å². The highest BCUT2D eigenvalue weighted by Crippen LogP contribution is 2.25. The number of nitro benzene ring substituents is 1. The minimum atomic E-state index is -0.580. The fourth-order valence-electron chi connectivity index (χ4n) is 2.19. The van der Waals surface area contributed by atoms with E-state index < -0.39 is 23.0 Å². The maximum absolute atomic E-state index is 12.1. The third kappa shape index (κ3) is 3.05. The van der Waals surface area contributed by atoms with Gasteiger partial charge in [0.05, 0.1) is 28.8 Å². The molecule has 2 N–H and O–H groups in total. The molecule has 1 aliphatic rings. The molecular formula is C14H15N3O5. The molecule has 1 heterocycles. The molecule has 0 saturated carbocycles. The number of rotatable bonds is 4. The van der Waals surface area contributed by atoms with E-state index in [1.54, 1.807) is 19.9 Å². The molecule has 0 aromatic heterocycles. The van der Waals surface area contributed by atoms with Crippen LogP contribution in [0, 0.1) is 10.1 Å². The molecule has 0 bridgehead atoms. The molecule has 2 rings (SSSR count). The van der Waals surface area contributed by atoms with Gasteiger partial charge in [-0.25, -0.2) is 9.59 Å². The van der Waals surface area contributed by atoms with Crippen molar-refractivity contribution in [2.24, 2.45) is 0 Å². The summed E-state index contributed by atoms with van der Waals surface area (Å²) in [6.07, 6.45) is 0. The minimum absolute atomic E-state index is 0.131. The highest BCUT2D eigenvalue weighted by atomic mass is 16.6. The SMILES string of the molecule is CCOC(=O)C1=C(c2cccc([N+](=O)[O-])c2)NC(=O)NC1C. The molecule has 2 amide bonds. The number of benzene rings is 1. The van der Waals surface area contributed by atoms with Crippen molar-refractivity contribution in [2.45, 2.75) is 19.9 Å². The van der Waals surface area contributed by atoms with Gasteiger partial charge in [0.2, 0.25) is 0 Å². The Kier molecular flexibility index (Phi) is 4.40. The number of ether oxygens (including phenoxy) is 1. The number of esters is 1. The topological polar surface area (TPSA) is 111 Å². The predicted molar refractivity (Wildman–Crippen MR) is 77.8 cm³/mol.